The molecule has 23 heavy (non-hydrogen) atoms. The van der Waals surface area contributed by atoms with Crippen LogP contribution in [0.15, 0.2) is 60.7 Å². The van der Waals surface area contributed by atoms with E-state index >= 15 is 0 Å². The zero-order chi connectivity index (χ0) is 16.2. The molecule has 0 aliphatic rings. The van der Waals surface area contributed by atoms with Crippen molar-refractivity contribution in [3.05, 3.63) is 72.3 Å². The van der Waals surface area contributed by atoms with E-state index in [1.165, 1.54) is 24.3 Å². The van der Waals surface area contributed by atoms with Gasteiger partial charge >= 0.3 is 0 Å². The summed E-state index contributed by atoms with van der Waals surface area (Å²) in [5.74, 6) is -0.106. The first-order valence-corrected chi connectivity index (χ1v) is 7.33. The summed E-state index contributed by atoms with van der Waals surface area (Å²) in [4.78, 5) is 4.52. The number of rotatable bonds is 4. The second-order valence-corrected chi connectivity index (χ2v) is 5.00. The van der Waals surface area contributed by atoms with Crippen molar-refractivity contribution in [1.29, 1.82) is 0 Å². The highest BCUT2D eigenvalue weighted by Gasteiger charge is 2.11. The van der Waals surface area contributed by atoms with Crippen LogP contribution in [0.2, 0.25) is 0 Å². The average molecular weight is 311 g/mol. The van der Waals surface area contributed by atoms with Crippen LogP contribution in [0, 0.1) is 11.6 Å². The summed E-state index contributed by atoms with van der Waals surface area (Å²) in [5.41, 5.74) is 3.11. The maximum absolute atomic E-state index is 13.1. The molecule has 0 aliphatic carbocycles. The lowest BCUT2D eigenvalue weighted by Crippen LogP contribution is -1.98. The summed E-state index contributed by atoms with van der Waals surface area (Å²) < 4.78 is 31.8. The number of halogens is 2. The number of nitrogens with zero attached hydrogens (tertiary/aromatic N) is 1. The van der Waals surface area contributed by atoms with E-state index < -0.39 is 0 Å². The molecule has 116 valence electrons. The molecule has 0 aliphatic heterocycles. The molecule has 3 aromatic rings. The van der Waals surface area contributed by atoms with Crippen LogP contribution in [-0.2, 0) is 0 Å². The standard InChI is InChI=1S/C19H15F2NO/c1-2-23-19-17(13-3-7-15(20)8-4-13)11-12-18(22-19)14-5-9-16(21)10-6-14/h3-12H,2H2,1H3. The van der Waals surface area contributed by atoms with E-state index in [0.717, 1.165) is 16.7 Å². The van der Waals surface area contributed by atoms with E-state index in [2.05, 4.69) is 4.98 Å². The number of benzene rings is 2. The van der Waals surface area contributed by atoms with E-state index in [4.69, 9.17) is 4.74 Å². The van der Waals surface area contributed by atoms with Crippen molar-refractivity contribution in [3.8, 4) is 28.3 Å². The van der Waals surface area contributed by atoms with Crippen LogP contribution < -0.4 is 4.74 Å². The van der Waals surface area contributed by atoms with Crippen molar-refractivity contribution in [2.24, 2.45) is 0 Å². The minimum atomic E-state index is -0.290. The molecule has 1 heterocycles. The third-order valence-corrected chi connectivity index (χ3v) is 3.44. The molecule has 0 radical (unpaired) electrons. The molecule has 1 aromatic heterocycles. The predicted molar refractivity (Wildman–Crippen MR) is 86.2 cm³/mol. The Morgan fingerprint density at radius 2 is 1.35 bits per heavy atom. The van der Waals surface area contributed by atoms with Gasteiger partial charge in [-0.2, -0.15) is 0 Å². The van der Waals surface area contributed by atoms with E-state index in [1.807, 2.05) is 19.1 Å². The topological polar surface area (TPSA) is 22.1 Å². The Kier molecular flexibility index (Phi) is 4.33. The second-order valence-electron chi connectivity index (χ2n) is 5.00. The molecule has 0 N–H and O–H groups in total. The van der Waals surface area contributed by atoms with Crippen LogP contribution in [0.3, 0.4) is 0 Å². The Bertz CT molecular complexity index is 799. The maximum Gasteiger partial charge on any atom is 0.221 e. The van der Waals surface area contributed by atoms with Crippen molar-refractivity contribution in [2.45, 2.75) is 6.92 Å². The largest absolute Gasteiger partial charge is 0.478 e. The van der Waals surface area contributed by atoms with Crippen LogP contribution in [0.1, 0.15) is 6.92 Å². The normalized spacial score (nSPS) is 10.6. The lowest BCUT2D eigenvalue weighted by molar-refractivity contribution is 0.329. The van der Waals surface area contributed by atoms with Crippen LogP contribution in [0.25, 0.3) is 22.4 Å². The van der Waals surface area contributed by atoms with Crippen LogP contribution in [0.5, 0.6) is 5.88 Å². The fourth-order valence-electron chi connectivity index (χ4n) is 2.32. The highest BCUT2D eigenvalue weighted by Crippen LogP contribution is 2.31. The molecule has 0 saturated carbocycles. The minimum Gasteiger partial charge on any atom is -0.478 e. The molecule has 0 unspecified atom stereocenters. The molecule has 0 fully saturated rings. The van der Waals surface area contributed by atoms with Gasteiger partial charge in [0.2, 0.25) is 5.88 Å². The molecule has 0 bridgehead atoms. The van der Waals surface area contributed by atoms with Gasteiger partial charge in [0.25, 0.3) is 0 Å². The number of hydrogen-bond donors (Lipinski definition) is 0. The molecule has 3 rings (SSSR count). The first kappa shape index (κ1) is 15.2. The van der Waals surface area contributed by atoms with E-state index in [0.29, 0.717) is 18.2 Å². The molecular weight excluding hydrogens is 296 g/mol. The van der Waals surface area contributed by atoms with Crippen molar-refractivity contribution < 1.29 is 13.5 Å². The van der Waals surface area contributed by atoms with Gasteiger partial charge in [-0.25, -0.2) is 13.8 Å². The number of pyridine rings is 1. The van der Waals surface area contributed by atoms with Gasteiger partial charge in [0, 0.05) is 11.1 Å². The highest BCUT2D eigenvalue weighted by atomic mass is 19.1. The summed E-state index contributed by atoms with van der Waals surface area (Å²) in [6, 6.07) is 16.0. The molecular formula is C19H15F2NO. The van der Waals surface area contributed by atoms with Crippen molar-refractivity contribution in [1.82, 2.24) is 4.98 Å². The van der Waals surface area contributed by atoms with E-state index in [1.54, 1.807) is 24.3 Å². The molecule has 0 atom stereocenters. The lowest BCUT2D eigenvalue weighted by atomic mass is 10.0. The predicted octanol–water partition coefficient (Wildman–Crippen LogP) is 5.09. The quantitative estimate of drug-likeness (QED) is 0.669. The third kappa shape index (κ3) is 3.37. The fourth-order valence-corrected chi connectivity index (χ4v) is 2.32. The minimum absolute atomic E-state index is 0.289. The Balaban J connectivity index is 2.04. The molecule has 2 nitrogen and oxygen atoms in total. The average Bonchev–Trinajstić information content (AvgIpc) is 2.57. The van der Waals surface area contributed by atoms with Gasteiger partial charge in [-0.15, -0.1) is 0 Å². The zero-order valence-electron chi connectivity index (χ0n) is 12.6. The summed E-state index contributed by atoms with van der Waals surface area (Å²) >= 11 is 0. The molecule has 0 amide bonds. The SMILES string of the molecule is CCOc1nc(-c2ccc(F)cc2)ccc1-c1ccc(F)cc1. The number of ether oxygens (including phenoxy) is 1. The first-order chi connectivity index (χ1) is 11.2. The highest BCUT2D eigenvalue weighted by molar-refractivity contribution is 5.72. The zero-order valence-corrected chi connectivity index (χ0v) is 12.6. The van der Waals surface area contributed by atoms with Gasteiger partial charge in [0.1, 0.15) is 11.6 Å². The Labute approximate surface area is 133 Å². The van der Waals surface area contributed by atoms with Crippen molar-refractivity contribution in [3.63, 3.8) is 0 Å². The number of hydrogen-bond acceptors (Lipinski definition) is 2. The van der Waals surface area contributed by atoms with Crippen molar-refractivity contribution >= 4 is 0 Å². The van der Waals surface area contributed by atoms with Crippen LogP contribution in [-0.4, -0.2) is 11.6 Å². The van der Waals surface area contributed by atoms with E-state index in [9.17, 15) is 8.78 Å². The fraction of sp³-hybridized carbons (Fsp3) is 0.105. The van der Waals surface area contributed by atoms with Gasteiger partial charge in [-0.05, 0) is 61.0 Å². The smallest absolute Gasteiger partial charge is 0.221 e. The lowest BCUT2D eigenvalue weighted by Gasteiger charge is -2.11. The maximum atomic E-state index is 13.1. The summed E-state index contributed by atoms with van der Waals surface area (Å²) in [6.45, 7) is 2.34. The second kappa shape index (κ2) is 6.57. The number of aromatic nitrogens is 1. The Hall–Kier alpha value is -2.75. The van der Waals surface area contributed by atoms with Gasteiger partial charge in [0.05, 0.1) is 12.3 Å². The van der Waals surface area contributed by atoms with Gasteiger partial charge < -0.3 is 4.74 Å². The first-order valence-electron chi connectivity index (χ1n) is 7.33. The Morgan fingerprint density at radius 3 is 1.91 bits per heavy atom. The summed E-state index contributed by atoms with van der Waals surface area (Å²) in [7, 11) is 0. The molecule has 0 saturated heterocycles. The van der Waals surface area contributed by atoms with Gasteiger partial charge in [-0.3, -0.25) is 0 Å². The summed E-state index contributed by atoms with van der Waals surface area (Å²) in [6.07, 6.45) is 0. The molecule has 4 heteroatoms. The van der Waals surface area contributed by atoms with Crippen LogP contribution >= 0.6 is 0 Å². The monoisotopic (exact) mass is 311 g/mol. The Morgan fingerprint density at radius 1 is 0.783 bits per heavy atom. The molecule has 2 aromatic carbocycles. The van der Waals surface area contributed by atoms with Crippen molar-refractivity contribution in [2.75, 3.05) is 6.61 Å². The van der Waals surface area contributed by atoms with E-state index in [-0.39, 0.29) is 11.6 Å². The third-order valence-electron chi connectivity index (χ3n) is 3.44. The molecule has 0 spiro atoms. The van der Waals surface area contributed by atoms with Gasteiger partial charge in [-0.1, -0.05) is 12.1 Å². The van der Waals surface area contributed by atoms with Crippen LogP contribution in [0.4, 0.5) is 8.78 Å². The van der Waals surface area contributed by atoms with Gasteiger partial charge in [0.15, 0.2) is 0 Å². The summed E-state index contributed by atoms with van der Waals surface area (Å²) in [5, 5.41) is 0.